The van der Waals surface area contributed by atoms with Crippen molar-refractivity contribution >= 4 is 33.1 Å². The third-order valence-corrected chi connectivity index (χ3v) is 3.26. The summed E-state index contributed by atoms with van der Waals surface area (Å²) in [7, 11) is 1.53. The maximum atomic E-state index is 11.4. The topological polar surface area (TPSA) is 75.0 Å². The lowest BCUT2D eigenvalue weighted by atomic mass is 10.2. The van der Waals surface area contributed by atoms with Crippen molar-refractivity contribution in [2.45, 2.75) is 13.3 Å². The smallest absolute Gasteiger partial charge is 0.238 e. The highest BCUT2D eigenvalue weighted by molar-refractivity contribution is 7.18. The molecule has 0 bridgehead atoms. The van der Waals surface area contributed by atoms with Gasteiger partial charge in [-0.15, -0.1) is 11.3 Å². The minimum atomic E-state index is -0.351. The van der Waals surface area contributed by atoms with Gasteiger partial charge in [0.1, 0.15) is 12.2 Å². The molecule has 1 amide bonds. The third-order valence-electron chi connectivity index (χ3n) is 2.33. The second kappa shape index (κ2) is 5.02. The first-order chi connectivity index (χ1) is 8.63. The van der Waals surface area contributed by atoms with Gasteiger partial charge < -0.3 is 10.1 Å². The summed E-state index contributed by atoms with van der Waals surface area (Å²) < 4.78 is 6.18. The predicted molar refractivity (Wildman–Crippen MR) is 69.8 cm³/mol. The Labute approximate surface area is 108 Å². The van der Waals surface area contributed by atoms with Crippen molar-refractivity contribution in [1.29, 1.82) is 5.26 Å². The molecule has 18 heavy (non-hydrogen) atoms. The monoisotopic (exact) mass is 261 g/mol. The van der Waals surface area contributed by atoms with Crippen LogP contribution >= 0.6 is 11.3 Å². The van der Waals surface area contributed by atoms with Crippen LogP contribution in [0.3, 0.4) is 0 Å². The zero-order valence-electron chi connectivity index (χ0n) is 9.98. The summed E-state index contributed by atoms with van der Waals surface area (Å²) in [4.78, 5) is 15.8. The van der Waals surface area contributed by atoms with Crippen LogP contribution in [0.2, 0.25) is 0 Å². The van der Waals surface area contributed by atoms with E-state index >= 15 is 0 Å². The van der Waals surface area contributed by atoms with Crippen LogP contribution in [0.25, 0.3) is 10.2 Å². The maximum Gasteiger partial charge on any atom is 0.238 e. The number of hydrogen-bond donors (Lipinski definition) is 1. The number of hydrogen-bond acceptors (Lipinski definition) is 5. The molecule has 0 spiro atoms. The number of anilines is 1. The van der Waals surface area contributed by atoms with E-state index in [4.69, 9.17) is 10.00 Å². The van der Waals surface area contributed by atoms with E-state index in [-0.39, 0.29) is 12.3 Å². The van der Waals surface area contributed by atoms with Gasteiger partial charge in [-0.05, 0) is 13.0 Å². The number of aryl methyl sites for hydroxylation is 1. The van der Waals surface area contributed by atoms with Crippen molar-refractivity contribution in [3.05, 3.63) is 17.1 Å². The van der Waals surface area contributed by atoms with Crippen molar-refractivity contribution < 1.29 is 9.53 Å². The molecule has 1 heterocycles. The number of nitrogens with one attached hydrogen (secondary N) is 1. The van der Waals surface area contributed by atoms with E-state index in [2.05, 4.69) is 10.3 Å². The average molecular weight is 261 g/mol. The van der Waals surface area contributed by atoms with E-state index in [1.165, 1.54) is 7.11 Å². The van der Waals surface area contributed by atoms with Gasteiger partial charge in [0.15, 0.2) is 0 Å². The van der Waals surface area contributed by atoms with E-state index in [1.54, 1.807) is 23.5 Å². The van der Waals surface area contributed by atoms with Crippen LogP contribution in [0.4, 0.5) is 5.69 Å². The van der Waals surface area contributed by atoms with Gasteiger partial charge in [0.2, 0.25) is 5.91 Å². The number of carbonyl (C=O) groups is 1. The molecule has 0 aliphatic carbocycles. The quantitative estimate of drug-likeness (QED) is 0.920. The van der Waals surface area contributed by atoms with Gasteiger partial charge in [-0.1, -0.05) is 0 Å². The number of rotatable bonds is 3. The van der Waals surface area contributed by atoms with Gasteiger partial charge in [0.05, 0.1) is 34.1 Å². The molecule has 2 aromatic rings. The molecular formula is C12H11N3O2S. The molecular weight excluding hydrogens is 250 g/mol. The van der Waals surface area contributed by atoms with Crippen molar-refractivity contribution in [1.82, 2.24) is 4.98 Å². The van der Waals surface area contributed by atoms with Crippen molar-refractivity contribution in [2.24, 2.45) is 0 Å². The van der Waals surface area contributed by atoms with E-state index in [0.717, 1.165) is 15.2 Å². The molecule has 2 rings (SSSR count). The van der Waals surface area contributed by atoms with Gasteiger partial charge in [-0.2, -0.15) is 5.26 Å². The molecule has 0 atom stereocenters. The minimum absolute atomic E-state index is 0.178. The lowest BCUT2D eigenvalue weighted by Gasteiger charge is -2.08. The van der Waals surface area contributed by atoms with E-state index in [0.29, 0.717) is 11.4 Å². The fourth-order valence-electron chi connectivity index (χ4n) is 1.60. The molecule has 92 valence electrons. The summed E-state index contributed by atoms with van der Waals surface area (Å²) in [5.41, 5.74) is 1.40. The van der Waals surface area contributed by atoms with Crippen LogP contribution in [0.15, 0.2) is 12.1 Å². The predicted octanol–water partition coefficient (Wildman–Crippen LogP) is 2.47. The summed E-state index contributed by atoms with van der Waals surface area (Å²) in [5.74, 6) is 0.190. The molecule has 1 aromatic carbocycles. The van der Waals surface area contributed by atoms with Crippen LogP contribution in [0.1, 0.15) is 11.4 Å². The number of nitriles is 1. The maximum absolute atomic E-state index is 11.4. The largest absolute Gasteiger partial charge is 0.494 e. The Kier molecular flexibility index (Phi) is 3.44. The summed E-state index contributed by atoms with van der Waals surface area (Å²) in [6.45, 7) is 1.92. The van der Waals surface area contributed by atoms with Crippen LogP contribution in [0.5, 0.6) is 5.75 Å². The van der Waals surface area contributed by atoms with Crippen LogP contribution in [0, 0.1) is 18.3 Å². The van der Waals surface area contributed by atoms with Gasteiger partial charge in [0.25, 0.3) is 0 Å². The second-order valence-corrected chi connectivity index (χ2v) is 4.87. The molecule has 1 aromatic heterocycles. The number of ether oxygens (including phenoxy) is 1. The molecule has 0 radical (unpaired) electrons. The third kappa shape index (κ3) is 2.41. The number of carbonyl (C=O) groups excluding carboxylic acids is 1. The Morgan fingerprint density at radius 1 is 1.61 bits per heavy atom. The average Bonchev–Trinajstić information content (AvgIpc) is 2.67. The van der Waals surface area contributed by atoms with Crippen molar-refractivity contribution in [2.75, 3.05) is 12.4 Å². The molecule has 6 heteroatoms. The zero-order valence-corrected chi connectivity index (χ0v) is 10.8. The van der Waals surface area contributed by atoms with E-state index in [1.807, 2.05) is 13.0 Å². The van der Waals surface area contributed by atoms with Crippen LogP contribution in [-0.4, -0.2) is 18.0 Å². The lowest BCUT2D eigenvalue weighted by Crippen LogP contribution is -2.10. The fourth-order valence-corrected chi connectivity index (χ4v) is 2.45. The molecule has 0 aliphatic rings. The Morgan fingerprint density at radius 3 is 3.06 bits per heavy atom. The molecule has 0 aliphatic heterocycles. The standard InChI is InChI=1S/C12H11N3O2S/c1-7-14-9-5-10(17-2)8(6-11(9)18-7)15-12(16)3-4-13/h5-6H,3H2,1-2H3,(H,15,16). The summed E-state index contributed by atoms with van der Waals surface area (Å²) in [5, 5.41) is 12.1. The first kappa shape index (κ1) is 12.3. The highest BCUT2D eigenvalue weighted by Crippen LogP contribution is 2.33. The normalized spacial score (nSPS) is 10.1. The van der Waals surface area contributed by atoms with Crippen LogP contribution in [-0.2, 0) is 4.79 Å². The number of aromatic nitrogens is 1. The second-order valence-electron chi connectivity index (χ2n) is 3.64. The number of methoxy groups -OCH3 is 1. The SMILES string of the molecule is COc1cc2nc(C)sc2cc1NC(=O)CC#N. The first-order valence-electron chi connectivity index (χ1n) is 5.26. The molecule has 0 unspecified atom stereocenters. The first-order valence-corrected chi connectivity index (χ1v) is 6.07. The number of fused-ring (bicyclic) bond motifs is 1. The molecule has 5 nitrogen and oxygen atoms in total. The highest BCUT2D eigenvalue weighted by Gasteiger charge is 2.11. The van der Waals surface area contributed by atoms with Gasteiger partial charge >= 0.3 is 0 Å². The summed E-state index contributed by atoms with van der Waals surface area (Å²) >= 11 is 1.54. The molecule has 0 saturated heterocycles. The van der Waals surface area contributed by atoms with Gasteiger partial charge in [-0.25, -0.2) is 4.98 Å². The van der Waals surface area contributed by atoms with E-state index in [9.17, 15) is 4.79 Å². The number of benzene rings is 1. The molecule has 1 N–H and O–H groups in total. The zero-order chi connectivity index (χ0) is 13.1. The van der Waals surface area contributed by atoms with E-state index < -0.39 is 0 Å². The van der Waals surface area contributed by atoms with Crippen LogP contribution < -0.4 is 10.1 Å². The van der Waals surface area contributed by atoms with Crippen molar-refractivity contribution in [3.8, 4) is 11.8 Å². The molecule has 0 fully saturated rings. The Hall–Kier alpha value is -2.13. The Balaban J connectivity index is 2.41. The number of nitrogens with zero attached hydrogens (tertiary/aromatic N) is 2. The summed E-state index contributed by atoms with van der Waals surface area (Å²) in [6, 6.07) is 5.40. The molecule has 0 saturated carbocycles. The number of amides is 1. The Bertz CT molecular complexity index is 643. The minimum Gasteiger partial charge on any atom is -0.494 e. The van der Waals surface area contributed by atoms with Crippen molar-refractivity contribution in [3.63, 3.8) is 0 Å². The fraction of sp³-hybridized carbons (Fsp3) is 0.250. The lowest BCUT2D eigenvalue weighted by molar-refractivity contribution is -0.115. The highest BCUT2D eigenvalue weighted by atomic mass is 32.1. The van der Waals surface area contributed by atoms with Gasteiger partial charge in [-0.3, -0.25) is 4.79 Å². The van der Waals surface area contributed by atoms with Gasteiger partial charge in [0, 0.05) is 6.07 Å². The number of thiazole rings is 1. The Morgan fingerprint density at radius 2 is 2.39 bits per heavy atom. The summed E-state index contributed by atoms with van der Waals surface area (Å²) in [6.07, 6.45) is -0.178.